The Morgan fingerprint density at radius 2 is 1.52 bits per heavy atom. The van der Waals surface area contributed by atoms with Gasteiger partial charge in [0, 0.05) is 17.2 Å². The van der Waals surface area contributed by atoms with Crippen LogP contribution in [0.4, 0.5) is 0 Å². The smallest absolute Gasteiger partial charge is 0.309 e. The van der Waals surface area contributed by atoms with Crippen molar-refractivity contribution in [2.24, 2.45) is 10.8 Å². The highest BCUT2D eigenvalue weighted by Gasteiger charge is 2.49. The zero-order chi connectivity index (χ0) is 21.8. The minimum atomic E-state index is -0.856. The summed E-state index contributed by atoms with van der Waals surface area (Å²) in [5, 5.41) is 48.9. The van der Waals surface area contributed by atoms with Gasteiger partial charge in [0.05, 0.1) is 10.8 Å². The molecule has 0 amide bonds. The monoisotopic (exact) mass is 408 g/mol. The first-order valence-electron chi connectivity index (χ1n) is 10.2. The van der Waals surface area contributed by atoms with E-state index in [1.807, 2.05) is 0 Å². The van der Waals surface area contributed by atoms with E-state index in [9.17, 15) is 35.1 Å². The Morgan fingerprint density at radius 3 is 2.07 bits per heavy atom. The van der Waals surface area contributed by atoms with Gasteiger partial charge in [0.15, 0.2) is 11.5 Å². The van der Waals surface area contributed by atoms with Gasteiger partial charge in [-0.3, -0.25) is 9.59 Å². The second-order valence-electron chi connectivity index (χ2n) is 8.91. The highest BCUT2D eigenvalue weighted by atomic mass is 16.4. The minimum absolute atomic E-state index is 0.0828. The predicted molar refractivity (Wildman–Crippen MR) is 107 cm³/mol. The zero-order valence-electron chi connectivity index (χ0n) is 17.2. The lowest BCUT2D eigenvalue weighted by atomic mass is 9.86. The fourth-order valence-electron chi connectivity index (χ4n) is 3.75. The Hall–Kier alpha value is -2.44. The van der Waals surface area contributed by atoms with Gasteiger partial charge in [0.1, 0.15) is 5.75 Å². The van der Waals surface area contributed by atoms with E-state index >= 15 is 0 Å². The zero-order valence-corrected chi connectivity index (χ0v) is 17.2. The lowest BCUT2D eigenvalue weighted by Gasteiger charge is -2.19. The lowest BCUT2D eigenvalue weighted by molar-refractivity contribution is -0.147. The van der Waals surface area contributed by atoms with Gasteiger partial charge >= 0.3 is 11.9 Å². The van der Waals surface area contributed by atoms with Crippen LogP contribution in [0.25, 0.3) is 0 Å². The maximum Gasteiger partial charge on any atom is 0.309 e. The number of carboxylic acids is 2. The van der Waals surface area contributed by atoms with Crippen molar-refractivity contribution < 1.29 is 35.1 Å². The standard InChI is InChI=1S/C22H32O7/c1-21(2,19(26)27)9-5-3-8-15-14(16(23)13-17(24)18(15)25)7-4-6-10-22(11-12-22)20(28)29/h13,23-25H,3-12H2,1-2H3,(H,26,27)(H,28,29). The van der Waals surface area contributed by atoms with Crippen molar-refractivity contribution in [1.29, 1.82) is 0 Å². The van der Waals surface area contributed by atoms with Crippen LogP contribution < -0.4 is 0 Å². The third-order valence-corrected chi connectivity index (χ3v) is 6.17. The molecule has 1 fully saturated rings. The predicted octanol–water partition coefficient (Wildman–Crippen LogP) is 4.20. The topological polar surface area (TPSA) is 135 Å². The molecule has 0 aliphatic heterocycles. The molecule has 0 saturated heterocycles. The van der Waals surface area contributed by atoms with Crippen LogP contribution >= 0.6 is 0 Å². The van der Waals surface area contributed by atoms with E-state index in [4.69, 9.17) is 0 Å². The molecule has 1 aliphatic rings. The number of hydrogen-bond acceptors (Lipinski definition) is 5. The summed E-state index contributed by atoms with van der Waals surface area (Å²) in [7, 11) is 0. The van der Waals surface area contributed by atoms with Crippen molar-refractivity contribution >= 4 is 11.9 Å². The maximum atomic E-state index is 11.3. The number of aliphatic carboxylic acids is 2. The molecule has 0 atom stereocenters. The number of unbranched alkanes of at least 4 members (excludes halogenated alkanes) is 2. The van der Waals surface area contributed by atoms with E-state index in [0.717, 1.165) is 6.07 Å². The molecular formula is C22H32O7. The molecule has 1 saturated carbocycles. The molecule has 2 rings (SSSR count). The van der Waals surface area contributed by atoms with Crippen LogP contribution in [0.1, 0.15) is 76.3 Å². The third kappa shape index (κ3) is 5.55. The molecule has 0 spiro atoms. The van der Waals surface area contributed by atoms with E-state index < -0.39 is 22.8 Å². The van der Waals surface area contributed by atoms with Crippen molar-refractivity contribution in [2.75, 3.05) is 0 Å². The van der Waals surface area contributed by atoms with E-state index in [-0.39, 0.29) is 17.2 Å². The first-order valence-corrected chi connectivity index (χ1v) is 10.2. The van der Waals surface area contributed by atoms with Crippen molar-refractivity contribution in [2.45, 2.75) is 78.1 Å². The van der Waals surface area contributed by atoms with Gasteiger partial charge < -0.3 is 25.5 Å². The summed E-state index contributed by atoms with van der Waals surface area (Å²) in [6.45, 7) is 3.34. The maximum absolute atomic E-state index is 11.3. The summed E-state index contributed by atoms with van der Waals surface area (Å²) in [4.78, 5) is 22.5. The molecule has 162 valence electrons. The van der Waals surface area contributed by atoms with Crippen LogP contribution in [-0.2, 0) is 22.4 Å². The number of carboxylic acid groups (broad SMARTS) is 2. The molecule has 0 heterocycles. The Kier molecular flexibility index (Phi) is 7.03. The number of carbonyl (C=O) groups is 2. The van der Waals surface area contributed by atoms with Crippen LogP contribution in [0.15, 0.2) is 6.07 Å². The average molecular weight is 408 g/mol. The first kappa shape index (κ1) is 22.8. The molecule has 29 heavy (non-hydrogen) atoms. The van der Waals surface area contributed by atoms with Crippen molar-refractivity contribution in [3.05, 3.63) is 17.2 Å². The van der Waals surface area contributed by atoms with Crippen LogP contribution in [0.3, 0.4) is 0 Å². The molecule has 0 unspecified atom stereocenters. The number of phenols is 3. The normalized spacial score (nSPS) is 15.2. The van der Waals surface area contributed by atoms with Crippen molar-refractivity contribution in [3.8, 4) is 17.2 Å². The second-order valence-corrected chi connectivity index (χ2v) is 8.91. The molecule has 7 nitrogen and oxygen atoms in total. The summed E-state index contributed by atoms with van der Waals surface area (Å²) >= 11 is 0. The highest BCUT2D eigenvalue weighted by molar-refractivity contribution is 5.77. The van der Waals surface area contributed by atoms with Gasteiger partial charge in [0.2, 0.25) is 0 Å². The van der Waals surface area contributed by atoms with Crippen LogP contribution in [-0.4, -0.2) is 37.5 Å². The van der Waals surface area contributed by atoms with E-state index in [0.29, 0.717) is 75.3 Å². The fourth-order valence-corrected chi connectivity index (χ4v) is 3.75. The van der Waals surface area contributed by atoms with Gasteiger partial charge in [-0.2, -0.15) is 0 Å². The molecule has 1 aromatic carbocycles. The molecule has 1 aromatic rings. The van der Waals surface area contributed by atoms with Gasteiger partial charge in [-0.15, -0.1) is 0 Å². The molecule has 7 heteroatoms. The Balaban J connectivity index is 1.97. The largest absolute Gasteiger partial charge is 0.508 e. The summed E-state index contributed by atoms with van der Waals surface area (Å²) in [6, 6.07) is 1.13. The van der Waals surface area contributed by atoms with Gasteiger partial charge in [-0.25, -0.2) is 0 Å². The van der Waals surface area contributed by atoms with E-state index in [2.05, 4.69) is 0 Å². The fraction of sp³-hybridized carbons (Fsp3) is 0.636. The summed E-state index contributed by atoms with van der Waals surface area (Å²) < 4.78 is 0. The molecule has 5 N–H and O–H groups in total. The first-order chi connectivity index (χ1) is 13.5. The molecule has 0 aromatic heterocycles. The number of benzene rings is 1. The lowest BCUT2D eigenvalue weighted by Crippen LogP contribution is -2.23. The summed E-state index contributed by atoms with van der Waals surface area (Å²) in [6.07, 6.45) is 6.04. The highest BCUT2D eigenvalue weighted by Crippen LogP contribution is 2.50. The molecule has 0 bridgehead atoms. The number of rotatable bonds is 12. The van der Waals surface area contributed by atoms with Crippen LogP contribution in [0.2, 0.25) is 0 Å². The summed E-state index contributed by atoms with van der Waals surface area (Å²) in [5.74, 6) is -2.31. The minimum Gasteiger partial charge on any atom is -0.508 e. The Labute approximate surface area is 171 Å². The average Bonchev–Trinajstić information content (AvgIpc) is 3.42. The third-order valence-electron chi connectivity index (χ3n) is 6.17. The molecular weight excluding hydrogens is 376 g/mol. The van der Waals surface area contributed by atoms with Crippen molar-refractivity contribution in [3.63, 3.8) is 0 Å². The molecule has 1 aliphatic carbocycles. The number of hydrogen-bond donors (Lipinski definition) is 5. The van der Waals surface area contributed by atoms with Crippen LogP contribution in [0.5, 0.6) is 17.2 Å². The van der Waals surface area contributed by atoms with E-state index in [1.54, 1.807) is 13.8 Å². The van der Waals surface area contributed by atoms with Gasteiger partial charge in [-0.05, 0) is 65.2 Å². The van der Waals surface area contributed by atoms with Gasteiger partial charge in [0.25, 0.3) is 0 Å². The van der Waals surface area contributed by atoms with Gasteiger partial charge in [-0.1, -0.05) is 12.8 Å². The number of phenolic OH excluding ortho intramolecular Hbond substituents is 3. The molecule has 0 radical (unpaired) electrons. The Morgan fingerprint density at radius 1 is 0.931 bits per heavy atom. The number of aromatic hydroxyl groups is 3. The van der Waals surface area contributed by atoms with Crippen molar-refractivity contribution in [1.82, 2.24) is 0 Å². The SMILES string of the molecule is CC(C)(CCCCc1c(O)c(O)cc(O)c1CCCCC1(C(=O)O)CC1)C(=O)O. The summed E-state index contributed by atoms with van der Waals surface area (Å²) in [5.41, 5.74) is -0.346. The Bertz CT molecular complexity index is 763. The quantitative estimate of drug-likeness (QED) is 0.199. The second kappa shape index (κ2) is 8.93. The van der Waals surface area contributed by atoms with E-state index in [1.165, 1.54) is 0 Å². The van der Waals surface area contributed by atoms with Crippen LogP contribution in [0, 0.1) is 10.8 Å².